The molecule has 0 aliphatic carbocycles. The molecule has 0 fully saturated rings. The number of nitrogens with zero attached hydrogens (tertiary/aromatic N) is 1. The molecule has 0 bridgehead atoms. The maximum absolute atomic E-state index is 3.69. The lowest BCUT2D eigenvalue weighted by molar-refractivity contribution is 0.567. The number of anilines is 1. The third kappa shape index (κ3) is 2.32. The van der Waals surface area contributed by atoms with Crippen molar-refractivity contribution in [2.75, 3.05) is 25.5 Å². The molecule has 0 amide bonds. The number of nitrogens with one attached hydrogen (secondary N) is 1. The first-order valence-corrected chi connectivity index (χ1v) is 7.26. The van der Waals surface area contributed by atoms with Crippen molar-refractivity contribution >= 4 is 5.69 Å². The van der Waals surface area contributed by atoms with Crippen molar-refractivity contribution in [1.82, 2.24) is 5.32 Å². The van der Waals surface area contributed by atoms with Crippen LogP contribution in [-0.4, -0.2) is 20.6 Å². The molecular formula is C18H22N2. The quantitative estimate of drug-likeness (QED) is 0.897. The molecule has 2 aromatic rings. The largest absolute Gasteiger partial charge is 0.377 e. The molecule has 1 aliphatic rings. The summed E-state index contributed by atoms with van der Waals surface area (Å²) in [5.74, 6) is 0. The summed E-state index contributed by atoms with van der Waals surface area (Å²) in [6.45, 7) is 3.21. The van der Waals surface area contributed by atoms with Crippen LogP contribution < -0.4 is 10.2 Å². The SMILES string of the molecule is Cc1ccc(N(C)C)c([C@@H]2NCCc3ccccc32)c1. The Bertz CT molecular complexity index is 617. The van der Waals surface area contributed by atoms with Gasteiger partial charge < -0.3 is 10.2 Å². The monoisotopic (exact) mass is 266 g/mol. The highest BCUT2D eigenvalue weighted by atomic mass is 15.1. The van der Waals surface area contributed by atoms with Gasteiger partial charge in [-0.2, -0.15) is 0 Å². The van der Waals surface area contributed by atoms with Crippen LogP contribution in [-0.2, 0) is 6.42 Å². The molecule has 0 aromatic heterocycles. The highest BCUT2D eigenvalue weighted by Crippen LogP contribution is 2.34. The van der Waals surface area contributed by atoms with E-state index in [1.807, 2.05) is 0 Å². The molecular weight excluding hydrogens is 244 g/mol. The van der Waals surface area contributed by atoms with Gasteiger partial charge >= 0.3 is 0 Å². The van der Waals surface area contributed by atoms with Crippen LogP contribution in [0.3, 0.4) is 0 Å². The molecule has 1 aliphatic heterocycles. The van der Waals surface area contributed by atoms with E-state index in [2.05, 4.69) is 73.7 Å². The third-order valence-corrected chi connectivity index (χ3v) is 4.08. The van der Waals surface area contributed by atoms with Crippen molar-refractivity contribution in [3.8, 4) is 0 Å². The molecule has 0 unspecified atom stereocenters. The average molecular weight is 266 g/mol. The highest BCUT2D eigenvalue weighted by molar-refractivity contribution is 5.58. The van der Waals surface area contributed by atoms with Crippen LogP contribution in [0.2, 0.25) is 0 Å². The second-order valence-corrected chi connectivity index (χ2v) is 5.79. The zero-order valence-electron chi connectivity index (χ0n) is 12.5. The normalized spacial score (nSPS) is 17.6. The molecule has 20 heavy (non-hydrogen) atoms. The third-order valence-electron chi connectivity index (χ3n) is 4.08. The Kier molecular flexibility index (Phi) is 3.49. The molecule has 104 valence electrons. The lowest BCUT2D eigenvalue weighted by atomic mass is 9.88. The summed E-state index contributed by atoms with van der Waals surface area (Å²) < 4.78 is 0. The minimum atomic E-state index is 0.303. The molecule has 1 N–H and O–H groups in total. The van der Waals surface area contributed by atoms with Crippen molar-refractivity contribution in [3.05, 3.63) is 64.7 Å². The zero-order chi connectivity index (χ0) is 14.1. The molecule has 1 atom stereocenters. The molecule has 0 saturated carbocycles. The van der Waals surface area contributed by atoms with Crippen molar-refractivity contribution in [2.45, 2.75) is 19.4 Å². The van der Waals surface area contributed by atoms with Gasteiger partial charge in [0.25, 0.3) is 0 Å². The van der Waals surface area contributed by atoms with Crippen LogP contribution in [0, 0.1) is 6.92 Å². The van der Waals surface area contributed by atoms with Gasteiger partial charge in [0.15, 0.2) is 0 Å². The summed E-state index contributed by atoms with van der Waals surface area (Å²) in [6, 6.07) is 15.8. The van der Waals surface area contributed by atoms with Crippen LogP contribution in [0.25, 0.3) is 0 Å². The van der Waals surface area contributed by atoms with Gasteiger partial charge in [-0.3, -0.25) is 0 Å². The van der Waals surface area contributed by atoms with E-state index in [0.717, 1.165) is 13.0 Å². The van der Waals surface area contributed by atoms with Gasteiger partial charge in [0, 0.05) is 26.3 Å². The Hall–Kier alpha value is -1.80. The van der Waals surface area contributed by atoms with Crippen molar-refractivity contribution in [1.29, 1.82) is 0 Å². The zero-order valence-corrected chi connectivity index (χ0v) is 12.5. The molecule has 0 radical (unpaired) electrons. The molecule has 1 heterocycles. The summed E-state index contributed by atoms with van der Waals surface area (Å²) in [5, 5.41) is 3.69. The average Bonchev–Trinajstić information content (AvgIpc) is 2.46. The lowest BCUT2D eigenvalue weighted by Crippen LogP contribution is -2.31. The number of rotatable bonds is 2. The highest BCUT2D eigenvalue weighted by Gasteiger charge is 2.23. The van der Waals surface area contributed by atoms with Gasteiger partial charge in [-0.05, 0) is 36.1 Å². The van der Waals surface area contributed by atoms with Crippen molar-refractivity contribution in [2.24, 2.45) is 0 Å². The minimum Gasteiger partial charge on any atom is -0.377 e. The Morgan fingerprint density at radius 1 is 1.05 bits per heavy atom. The number of hydrogen-bond donors (Lipinski definition) is 1. The summed E-state index contributed by atoms with van der Waals surface area (Å²) in [5.41, 5.74) is 6.89. The fraction of sp³-hybridized carbons (Fsp3) is 0.333. The second-order valence-electron chi connectivity index (χ2n) is 5.79. The standard InChI is InChI=1S/C18H22N2/c1-13-8-9-17(20(2)3)16(12-13)18-15-7-5-4-6-14(15)10-11-19-18/h4-9,12,18-19H,10-11H2,1-3H3/t18-/m1/s1. The van der Waals surface area contributed by atoms with Gasteiger partial charge in [-0.1, -0.05) is 42.0 Å². The molecule has 0 spiro atoms. The van der Waals surface area contributed by atoms with Crippen LogP contribution >= 0.6 is 0 Å². The number of hydrogen-bond acceptors (Lipinski definition) is 2. The first-order chi connectivity index (χ1) is 9.66. The molecule has 2 nitrogen and oxygen atoms in total. The van der Waals surface area contributed by atoms with E-state index in [9.17, 15) is 0 Å². The van der Waals surface area contributed by atoms with Crippen LogP contribution in [0.1, 0.15) is 28.3 Å². The maximum Gasteiger partial charge on any atom is 0.0600 e. The van der Waals surface area contributed by atoms with E-state index in [1.54, 1.807) is 0 Å². The van der Waals surface area contributed by atoms with E-state index in [1.165, 1.54) is 27.9 Å². The van der Waals surface area contributed by atoms with Gasteiger partial charge in [-0.15, -0.1) is 0 Å². The number of fused-ring (bicyclic) bond motifs is 1. The van der Waals surface area contributed by atoms with E-state index < -0.39 is 0 Å². The van der Waals surface area contributed by atoms with Gasteiger partial charge in [-0.25, -0.2) is 0 Å². The van der Waals surface area contributed by atoms with Crippen molar-refractivity contribution < 1.29 is 0 Å². The Labute approximate surface area is 121 Å². The predicted octanol–water partition coefficient (Wildman–Crippen LogP) is 3.30. The van der Waals surface area contributed by atoms with Crippen LogP contribution in [0.4, 0.5) is 5.69 Å². The van der Waals surface area contributed by atoms with E-state index >= 15 is 0 Å². The topological polar surface area (TPSA) is 15.3 Å². The van der Waals surface area contributed by atoms with Gasteiger partial charge in [0.2, 0.25) is 0 Å². The summed E-state index contributed by atoms with van der Waals surface area (Å²) in [4.78, 5) is 2.20. The lowest BCUT2D eigenvalue weighted by Gasteiger charge is -2.30. The van der Waals surface area contributed by atoms with Crippen LogP contribution in [0.15, 0.2) is 42.5 Å². The predicted molar refractivity (Wildman–Crippen MR) is 85.5 cm³/mol. The Morgan fingerprint density at radius 3 is 2.65 bits per heavy atom. The first-order valence-electron chi connectivity index (χ1n) is 7.26. The fourth-order valence-electron chi connectivity index (χ4n) is 3.09. The Balaban J connectivity index is 2.12. The molecule has 3 rings (SSSR count). The van der Waals surface area contributed by atoms with E-state index in [-0.39, 0.29) is 0 Å². The Morgan fingerprint density at radius 2 is 1.85 bits per heavy atom. The van der Waals surface area contributed by atoms with Crippen molar-refractivity contribution in [3.63, 3.8) is 0 Å². The number of benzene rings is 2. The second kappa shape index (κ2) is 5.29. The fourth-order valence-corrected chi connectivity index (χ4v) is 3.09. The molecule has 2 aromatic carbocycles. The van der Waals surface area contributed by atoms with Gasteiger partial charge in [0.05, 0.1) is 6.04 Å². The summed E-state index contributed by atoms with van der Waals surface area (Å²) in [6.07, 6.45) is 1.12. The molecule has 2 heteroatoms. The van der Waals surface area contributed by atoms with Gasteiger partial charge in [0.1, 0.15) is 0 Å². The summed E-state index contributed by atoms with van der Waals surface area (Å²) in [7, 11) is 4.23. The smallest absolute Gasteiger partial charge is 0.0600 e. The summed E-state index contributed by atoms with van der Waals surface area (Å²) >= 11 is 0. The minimum absolute atomic E-state index is 0.303. The number of aryl methyl sites for hydroxylation is 1. The first kappa shape index (κ1) is 13.2. The van der Waals surface area contributed by atoms with E-state index in [0.29, 0.717) is 6.04 Å². The van der Waals surface area contributed by atoms with E-state index in [4.69, 9.17) is 0 Å². The van der Waals surface area contributed by atoms with Crippen LogP contribution in [0.5, 0.6) is 0 Å². The molecule has 0 saturated heterocycles. The maximum atomic E-state index is 3.69.